The molecule has 10 aromatic carbocycles. The summed E-state index contributed by atoms with van der Waals surface area (Å²) in [5.41, 5.74) is 15.6. The van der Waals surface area contributed by atoms with Crippen molar-refractivity contribution in [2.75, 3.05) is 74.2 Å². The molecule has 17 nitrogen and oxygen atoms in total. The zero-order valence-corrected chi connectivity index (χ0v) is 61.5. The van der Waals surface area contributed by atoms with Crippen molar-refractivity contribution >= 4 is 84.8 Å². The van der Waals surface area contributed by atoms with Crippen molar-refractivity contribution in [3.05, 3.63) is 303 Å². The number of halogens is 1. The molecular formula is C93H93FN10O7. The van der Waals surface area contributed by atoms with Gasteiger partial charge in [0.15, 0.2) is 0 Å². The fourth-order valence-corrected chi connectivity index (χ4v) is 17.0. The Morgan fingerprint density at radius 1 is 0.414 bits per heavy atom. The second-order valence-electron chi connectivity index (χ2n) is 30.0. The van der Waals surface area contributed by atoms with E-state index in [-0.39, 0.29) is 54.9 Å². The fraction of sp³-hybridized carbons (Fsp3) is 0.290. The molecule has 0 aromatic heterocycles. The Labute approximate surface area is 656 Å². The van der Waals surface area contributed by atoms with Gasteiger partial charge in [0.2, 0.25) is 17.7 Å². The van der Waals surface area contributed by atoms with Crippen LogP contribution in [0.2, 0.25) is 0 Å². The molecule has 3 N–H and O–H groups in total. The number of piperidine rings is 3. The van der Waals surface area contributed by atoms with Gasteiger partial charge >= 0.3 is 0 Å². The Balaban J connectivity index is 0.000000131. The molecular weight excluding hydrogens is 1390 g/mol. The number of hydrogen-bond acceptors (Lipinski definition) is 11. The average Bonchev–Trinajstić information content (AvgIpc) is 1.59. The molecule has 111 heavy (non-hydrogen) atoms. The van der Waals surface area contributed by atoms with Crippen LogP contribution in [-0.2, 0) is 71.0 Å². The van der Waals surface area contributed by atoms with E-state index in [2.05, 4.69) is 59.8 Å². The largest absolute Gasteiger partial charge is 0.379 e. The van der Waals surface area contributed by atoms with Gasteiger partial charge in [0.05, 0.1) is 30.3 Å². The monoisotopic (exact) mass is 1490 g/mol. The summed E-state index contributed by atoms with van der Waals surface area (Å²) >= 11 is 0. The predicted molar refractivity (Wildman–Crippen MR) is 436 cm³/mol. The van der Waals surface area contributed by atoms with Crippen LogP contribution in [0.25, 0.3) is 32.3 Å². The number of anilines is 3. The van der Waals surface area contributed by atoms with Gasteiger partial charge in [-0.05, 0) is 178 Å². The first-order chi connectivity index (χ1) is 55.8. The van der Waals surface area contributed by atoms with Crippen LogP contribution in [0.1, 0.15) is 146 Å². The van der Waals surface area contributed by atoms with Gasteiger partial charge in [-0.1, -0.05) is 167 Å². The number of hydrogen-bond donors (Lipinski definition) is 3. The summed E-state index contributed by atoms with van der Waals surface area (Å²) in [6.07, 6.45) is 5.12. The number of nitrogens with one attached hydrogen (secondary N) is 3. The molecule has 0 spiro atoms. The van der Waals surface area contributed by atoms with Crippen LogP contribution in [0.15, 0.2) is 219 Å². The molecule has 5 fully saturated rings. The summed E-state index contributed by atoms with van der Waals surface area (Å²) in [7, 11) is 2.07. The summed E-state index contributed by atoms with van der Waals surface area (Å²) < 4.78 is 73.0. The smallest absolute Gasteiger partial charge is 0.259 e. The van der Waals surface area contributed by atoms with Crippen LogP contribution in [0.4, 0.5) is 21.5 Å². The van der Waals surface area contributed by atoms with Gasteiger partial charge in [-0.25, -0.2) is 4.39 Å². The first kappa shape index (κ1) is 66.7. The lowest BCUT2D eigenvalue weighted by atomic mass is 9.95. The summed E-state index contributed by atoms with van der Waals surface area (Å²) in [5, 5.41) is 13.8. The first-order valence-corrected chi connectivity index (χ1v) is 38.0. The van der Waals surface area contributed by atoms with Crippen LogP contribution in [0.5, 0.6) is 0 Å². The van der Waals surface area contributed by atoms with E-state index >= 15 is 4.39 Å². The van der Waals surface area contributed by atoms with E-state index in [0.29, 0.717) is 160 Å². The van der Waals surface area contributed by atoms with Gasteiger partial charge in [-0.2, -0.15) is 0 Å². The van der Waals surface area contributed by atoms with Crippen LogP contribution in [0.3, 0.4) is 0 Å². The number of nitrogens with zero attached hydrogens (tertiary/aromatic N) is 7. The quantitative estimate of drug-likeness (QED) is 0.0892. The highest BCUT2D eigenvalue weighted by Gasteiger charge is 2.44. The highest BCUT2D eigenvalue weighted by atomic mass is 19.1. The van der Waals surface area contributed by atoms with Crippen molar-refractivity contribution in [3.63, 3.8) is 0 Å². The molecule has 9 aliphatic rings. The molecule has 564 valence electrons. The van der Waals surface area contributed by atoms with Crippen LogP contribution < -0.4 is 30.7 Å². The minimum Gasteiger partial charge on any atom is -0.379 e. The predicted octanol–water partition coefficient (Wildman–Crippen LogP) is 14.4. The van der Waals surface area contributed by atoms with Crippen molar-refractivity contribution in [2.45, 2.75) is 116 Å². The number of fused-ring (bicyclic) bond motifs is 1. The summed E-state index contributed by atoms with van der Waals surface area (Å²) in [6.45, 7) is 12.8. The number of piperazine rings is 1. The number of rotatable bonds is 15. The zero-order chi connectivity index (χ0) is 80.8. The molecule has 0 aliphatic carbocycles. The molecule has 18 heteroatoms. The van der Waals surface area contributed by atoms with Crippen LogP contribution >= 0.6 is 0 Å². The first-order valence-electron chi connectivity index (χ1n) is 41.0. The highest BCUT2D eigenvalue weighted by molar-refractivity contribution is 6.29. The lowest BCUT2D eigenvalue weighted by molar-refractivity contribution is -0.123. The number of benzene rings is 10. The molecule has 0 saturated carbocycles. The Morgan fingerprint density at radius 2 is 0.775 bits per heavy atom. The third-order valence-corrected chi connectivity index (χ3v) is 22.7. The molecule has 3 atom stereocenters. The second kappa shape index (κ2) is 31.3. The number of carbonyl (C=O) groups excluding carboxylic acids is 6. The van der Waals surface area contributed by atoms with Gasteiger partial charge in [-0.15, -0.1) is 0 Å². The molecule has 6 amide bonds. The van der Waals surface area contributed by atoms with E-state index in [1.54, 1.807) is 37.8 Å². The van der Waals surface area contributed by atoms with Gasteiger partial charge in [-0.3, -0.25) is 58.2 Å². The molecule has 10 aromatic rings. The van der Waals surface area contributed by atoms with E-state index < -0.39 is 43.4 Å². The topological polar surface area (TPSA) is 170 Å². The lowest BCUT2D eigenvalue weighted by Gasteiger charge is -2.32. The molecule has 19 rings (SSSR count). The van der Waals surface area contributed by atoms with Crippen molar-refractivity contribution in [3.8, 4) is 0 Å². The highest BCUT2D eigenvalue weighted by Crippen LogP contribution is 2.46. The molecule has 3 unspecified atom stereocenters. The van der Waals surface area contributed by atoms with Crippen molar-refractivity contribution in [2.24, 2.45) is 0 Å². The Hall–Kier alpha value is -11.3. The van der Waals surface area contributed by atoms with E-state index in [4.69, 9.17) is 13.0 Å². The third kappa shape index (κ3) is 14.7. The average molecular weight is 1490 g/mol. The Kier molecular flexibility index (Phi) is 18.8. The minimum atomic E-state index is -1.80. The molecule has 9 heterocycles. The van der Waals surface area contributed by atoms with E-state index in [0.717, 1.165) is 84.6 Å². The van der Waals surface area contributed by atoms with E-state index in [1.807, 2.05) is 155 Å². The minimum absolute atomic E-state index is 0. The molecule has 0 radical (unpaired) electrons. The van der Waals surface area contributed by atoms with Crippen molar-refractivity contribution in [1.29, 1.82) is 0 Å². The van der Waals surface area contributed by atoms with Gasteiger partial charge < -0.3 is 25.6 Å². The van der Waals surface area contributed by atoms with Crippen LogP contribution in [0, 0.1) is 5.82 Å². The SMILES string of the molecule is C.[2H]C([2H])(c1ccc(Cc2ccc3c4c(cccc24)C(=O)N3C2CCC(=C)NC2=O)c(F)c1)N1CCOCC1.[2H]C([2H])(c1ccc(Cc2ccc3c4c(cccc24)C(=O)N3C2CCC(=C)NC2=O)cc1)N1CCN(C)CC1.[2H]C([2H])(c1ccc(Cc2ccc3c4c(cccc24)C(=O)N3C2CCC(=C)NC2=O)cc1)N1Cc2ccccc2C1. The van der Waals surface area contributed by atoms with Crippen molar-refractivity contribution in [1.82, 2.24) is 35.6 Å². The van der Waals surface area contributed by atoms with Gasteiger partial charge in [0, 0.05) is 136 Å². The fourth-order valence-electron chi connectivity index (χ4n) is 17.0. The molecule has 0 bridgehead atoms. The molecule has 9 aliphatic heterocycles. The maximum absolute atomic E-state index is 15.3. The Bertz CT molecular complexity index is 5720. The molecule has 5 saturated heterocycles. The standard InChI is InChI=1S/C33H29N3O2.C30H32N4O2.C29H28FN3O3.CH4/c1-21-9-15-30(32(37)34-21)36-29-16-14-24(27-7-4-8-28(31(27)29)33(36)38)17-22-10-12-23(13-11-22)18-35-19-25-5-2-3-6-26(25)20-35;1-20-6-12-27(29(35)31-20)34-26-13-11-23(24-4-3-5-25(28(24)26)30(34)36)18-21-7-9-22(10-8-21)19-33-16-14-32(2)15-17-33;1-18-5-9-26(28(34)31-18)33-25-10-8-20(22-3-2-4-23(27(22)25)29(33)35)16-21-7-6-19(15-24(21)30)17-32-11-13-36-14-12-32;/h2-8,10-14,16,30H,1,9,15,17-20H2,(H,34,37);3-5,7-11,13,27H,1,6,12,14-19H2,2H3,(H,31,35);2-4,6-8,10,15,26H,1,5,9,11-14,16-17H2,(H,31,34);1H4/i18D2;19D2;17D2;. The van der Waals surface area contributed by atoms with Crippen LogP contribution in [-0.4, -0.2) is 133 Å². The van der Waals surface area contributed by atoms with Gasteiger partial charge in [0.25, 0.3) is 17.7 Å². The summed E-state index contributed by atoms with van der Waals surface area (Å²) in [4.78, 5) is 91.1. The number of morpholine rings is 1. The lowest BCUT2D eigenvalue weighted by Crippen LogP contribution is -2.51. The zero-order valence-electron chi connectivity index (χ0n) is 67.5. The maximum Gasteiger partial charge on any atom is 0.259 e. The normalized spacial score (nSPS) is 21.0. The third-order valence-electron chi connectivity index (χ3n) is 22.7. The number of amides is 6. The van der Waals surface area contributed by atoms with Crippen molar-refractivity contribution < 1.29 is 46.1 Å². The van der Waals surface area contributed by atoms with E-state index in [9.17, 15) is 28.8 Å². The second-order valence-corrected chi connectivity index (χ2v) is 30.0. The number of ether oxygens (including phenoxy) is 1. The Morgan fingerprint density at radius 3 is 1.18 bits per heavy atom. The van der Waals surface area contributed by atoms with Gasteiger partial charge in [0.1, 0.15) is 23.9 Å². The number of likely N-dealkylation sites (N-methyl/N-ethyl adjacent to an activating group) is 1. The summed E-state index contributed by atoms with van der Waals surface area (Å²) in [5.74, 6) is -1.56. The van der Waals surface area contributed by atoms with E-state index in [1.165, 1.54) is 17.2 Å². The summed E-state index contributed by atoms with van der Waals surface area (Å²) in [6, 6.07) is 55.4. The number of carbonyl (C=O) groups is 6. The maximum atomic E-state index is 15.3. The number of allylic oxidation sites excluding steroid dienone is 3.